The van der Waals surface area contributed by atoms with Crippen molar-refractivity contribution in [2.75, 3.05) is 18.6 Å². The van der Waals surface area contributed by atoms with Crippen molar-refractivity contribution in [1.82, 2.24) is 5.32 Å². The van der Waals surface area contributed by atoms with E-state index in [-0.39, 0.29) is 17.6 Å². The number of sulfone groups is 1. The highest BCUT2D eigenvalue weighted by Gasteiger charge is 2.09. The Kier molecular flexibility index (Phi) is 6.76. The quantitative estimate of drug-likeness (QED) is 0.675. The standard InChI is InChI=1S/C10H21NO3S/c1-4-11-9(2)8-10(12)6-5-7-15(3,13)14/h9,11H,4-8H2,1-3H3. The summed E-state index contributed by atoms with van der Waals surface area (Å²) in [6, 6.07) is 0.181. The lowest BCUT2D eigenvalue weighted by Crippen LogP contribution is -2.28. The van der Waals surface area contributed by atoms with Crippen molar-refractivity contribution in [2.45, 2.75) is 39.2 Å². The molecule has 5 heteroatoms. The Morgan fingerprint density at radius 3 is 2.47 bits per heavy atom. The van der Waals surface area contributed by atoms with Crippen molar-refractivity contribution in [1.29, 1.82) is 0 Å². The summed E-state index contributed by atoms with van der Waals surface area (Å²) in [6.07, 6.45) is 2.48. The lowest BCUT2D eigenvalue weighted by molar-refractivity contribution is -0.119. The van der Waals surface area contributed by atoms with Gasteiger partial charge >= 0.3 is 0 Å². The predicted octanol–water partition coefficient (Wildman–Crippen LogP) is 0.768. The fourth-order valence-corrected chi connectivity index (χ4v) is 2.06. The first-order chi connectivity index (χ1) is 6.85. The van der Waals surface area contributed by atoms with Crippen LogP contribution in [0.5, 0.6) is 0 Å². The SMILES string of the molecule is CCNC(C)CC(=O)CCCS(C)(=O)=O. The van der Waals surface area contributed by atoms with E-state index in [1.807, 2.05) is 13.8 Å². The first-order valence-electron chi connectivity index (χ1n) is 5.28. The maximum Gasteiger partial charge on any atom is 0.147 e. The zero-order chi connectivity index (χ0) is 11.9. The molecule has 0 aliphatic heterocycles. The molecule has 0 radical (unpaired) electrons. The maximum atomic E-state index is 11.4. The summed E-state index contributed by atoms with van der Waals surface area (Å²) in [5, 5.41) is 3.14. The summed E-state index contributed by atoms with van der Waals surface area (Å²) >= 11 is 0. The van der Waals surface area contributed by atoms with E-state index in [1.54, 1.807) is 0 Å². The predicted molar refractivity (Wildman–Crippen MR) is 61.7 cm³/mol. The number of carbonyl (C=O) groups excluding carboxylic acids is 1. The molecule has 0 aliphatic carbocycles. The summed E-state index contributed by atoms with van der Waals surface area (Å²) in [7, 11) is -2.93. The van der Waals surface area contributed by atoms with Gasteiger partial charge in [-0.3, -0.25) is 4.79 Å². The zero-order valence-corrected chi connectivity index (χ0v) is 10.6. The molecular weight excluding hydrogens is 214 g/mol. The van der Waals surface area contributed by atoms with Gasteiger partial charge in [0.05, 0.1) is 5.75 Å². The van der Waals surface area contributed by atoms with Crippen LogP contribution in [-0.4, -0.2) is 38.8 Å². The second kappa shape index (κ2) is 6.95. The minimum absolute atomic E-state index is 0.105. The second-order valence-electron chi connectivity index (χ2n) is 3.93. The van der Waals surface area contributed by atoms with Gasteiger partial charge in [0.1, 0.15) is 15.6 Å². The van der Waals surface area contributed by atoms with Gasteiger partial charge in [0, 0.05) is 25.1 Å². The molecule has 0 saturated carbocycles. The minimum atomic E-state index is -2.93. The van der Waals surface area contributed by atoms with Crippen LogP contribution in [0.15, 0.2) is 0 Å². The normalized spacial score (nSPS) is 13.8. The Morgan fingerprint density at radius 1 is 1.40 bits per heavy atom. The van der Waals surface area contributed by atoms with Gasteiger partial charge < -0.3 is 5.32 Å². The molecule has 4 nitrogen and oxygen atoms in total. The molecule has 0 aromatic rings. The highest BCUT2D eigenvalue weighted by atomic mass is 32.2. The van der Waals surface area contributed by atoms with Crippen LogP contribution in [0.4, 0.5) is 0 Å². The fraction of sp³-hybridized carbons (Fsp3) is 0.900. The molecule has 1 atom stereocenters. The fourth-order valence-electron chi connectivity index (χ4n) is 1.40. The molecule has 0 amide bonds. The highest BCUT2D eigenvalue weighted by molar-refractivity contribution is 7.90. The summed E-state index contributed by atoms with van der Waals surface area (Å²) in [4.78, 5) is 11.4. The van der Waals surface area contributed by atoms with Crippen LogP contribution in [0.25, 0.3) is 0 Å². The highest BCUT2D eigenvalue weighted by Crippen LogP contribution is 2.01. The molecule has 0 heterocycles. The number of hydrogen-bond acceptors (Lipinski definition) is 4. The lowest BCUT2D eigenvalue weighted by atomic mass is 10.1. The van der Waals surface area contributed by atoms with E-state index in [2.05, 4.69) is 5.32 Å². The molecule has 0 fully saturated rings. The number of hydrogen-bond donors (Lipinski definition) is 1. The van der Waals surface area contributed by atoms with Gasteiger partial charge in [0.2, 0.25) is 0 Å². The third-order valence-electron chi connectivity index (χ3n) is 2.06. The van der Waals surface area contributed by atoms with Crippen molar-refractivity contribution in [3.05, 3.63) is 0 Å². The number of nitrogens with one attached hydrogen (secondary N) is 1. The molecule has 0 saturated heterocycles. The van der Waals surface area contributed by atoms with Gasteiger partial charge in [0.15, 0.2) is 0 Å². The molecule has 0 aromatic heterocycles. The van der Waals surface area contributed by atoms with E-state index in [9.17, 15) is 13.2 Å². The average Bonchev–Trinajstić information content (AvgIpc) is 2.01. The van der Waals surface area contributed by atoms with Crippen LogP contribution in [0.1, 0.15) is 33.1 Å². The van der Waals surface area contributed by atoms with E-state index in [1.165, 1.54) is 6.26 Å². The van der Waals surface area contributed by atoms with Gasteiger partial charge in [-0.15, -0.1) is 0 Å². The van der Waals surface area contributed by atoms with Crippen LogP contribution >= 0.6 is 0 Å². The maximum absolute atomic E-state index is 11.4. The molecule has 15 heavy (non-hydrogen) atoms. The summed E-state index contributed by atoms with van der Waals surface area (Å²) in [6.45, 7) is 4.79. The van der Waals surface area contributed by atoms with Crippen molar-refractivity contribution >= 4 is 15.6 Å². The van der Waals surface area contributed by atoms with Gasteiger partial charge in [-0.1, -0.05) is 6.92 Å². The molecule has 90 valence electrons. The topological polar surface area (TPSA) is 63.2 Å². The van der Waals surface area contributed by atoms with Crippen molar-refractivity contribution in [2.24, 2.45) is 0 Å². The Morgan fingerprint density at radius 2 is 2.00 bits per heavy atom. The number of Topliss-reactive ketones (excluding diaryl/α,β-unsaturated/α-hetero) is 1. The molecule has 1 N–H and O–H groups in total. The van der Waals surface area contributed by atoms with Crippen molar-refractivity contribution in [3.63, 3.8) is 0 Å². The van der Waals surface area contributed by atoms with E-state index in [0.29, 0.717) is 19.3 Å². The van der Waals surface area contributed by atoms with Gasteiger partial charge in [0.25, 0.3) is 0 Å². The minimum Gasteiger partial charge on any atom is -0.314 e. The Balaban J connectivity index is 3.67. The van der Waals surface area contributed by atoms with Crippen LogP contribution in [-0.2, 0) is 14.6 Å². The Hall–Kier alpha value is -0.420. The Bertz CT molecular complexity index is 285. The summed E-state index contributed by atoms with van der Waals surface area (Å²) in [5.41, 5.74) is 0. The van der Waals surface area contributed by atoms with Crippen LogP contribution in [0.3, 0.4) is 0 Å². The van der Waals surface area contributed by atoms with Crippen LogP contribution in [0, 0.1) is 0 Å². The summed E-state index contributed by atoms with van der Waals surface area (Å²) in [5.74, 6) is 0.237. The first-order valence-corrected chi connectivity index (χ1v) is 7.34. The lowest BCUT2D eigenvalue weighted by Gasteiger charge is -2.10. The molecule has 0 bridgehead atoms. The molecule has 0 aliphatic rings. The van der Waals surface area contributed by atoms with Crippen molar-refractivity contribution < 1.29 is 13.2 Å². The number of rotatable bonds is 8. The van der Waals surface area contributed by atoms with Crippen molar-refractivity contribution in [3.8, 4) is 0 Å². The zero-order valence-electron chi connectivity index (χ0n) is 9.75. The smallest absolute Gasteiger partial charge is 0.147 e. The molecule has 0 aromatic carbocycles. The van der Waals surface area contributed by atoms with Gasteiger partial charge in [-0.2, -0.15) is 0 Å². The van der Waals surface area contributed by atoms with E-state index >= 15 is 0 Å². The average molecular weight is 235 g/mol. The summed E-state index contributed by atoms with van der Waals surface area (Å²) < 4.78 is 21.6. The number of carbonyl (C=O) groups is 1. The van der Waals surface area contributed by atoms with Crippen LogP contribution in [0.2, 0.25) is 0 Å². The first kappa shape index (κ1) is 14.6. The largest absolute Gasteiger partial charge is 0.314 e. The van der Waals surface area contributed by atoms with E-state index < -0.39 is 9.84 Å². The molecule has 0 spiro atoms. The third kappa shape index (κ3) is 9.87. The monoisotopic (exact) mass is 235 g/mol. The molecular formula is C10H21NO3S. The Labute approximate surface area is 92.4 Å². The second-order valence-corrected chi connectivity index (χ2v) is 6.19. The van der Waals surface area contributed by atoms with E-state index in [4.69, 9.17) is 0 Å². The molecule has 0 rings (SSSR count). The third-order valence-corrected chi connectivity index (χ3v) is 3.09. The molecule has 1 unspecified atom stereocenters. The number of ketones is 1. The van der Waals surface area contributed by atoms with Crippen LogP contribution < -0.4 is 5.32 Å². The van der Waals surface area contributed by atoms with E-state index in [0.717, 1.165) is 6.54 Å². The van der Waals surface area contributed by atoms with Gasteiger partial charge in [-0.05, 0) is 19.9 Å². The van der Waals surface area contributed by atoms with Gasteiger partial charge in [-0.25, -0.2) is 8.42 Å².